The predicted molar refractivity (Wildman–Crippen MR) is 75.0 cm³/mol. The smallest absolute Gasteiger partial charge is 0.241 e. The summed E-state index contributed by atoms with van der Waals surface area (Å²) in [6.45, 7) is 0.952. The largest absolute Gasteiger partial charge is 0.488 e. The van der Waals surface area contributed by atoms with E-state index in [1.165, 1.54) is 6.07 Å². The normalized spacial score (nSPS) is 19.6. The molecule has 0 saturated carbocycles. The maximum Gasteiger partial charge on any atom is 0.241 e. The van der Waals surface area contributed by atoms with Crippen LogP contribution in [0.25, 0.3) is 0 Å². The Balaban J connectivity index is 2.27. The lowest BCUT2D eigenvalue weighted by molar-refractivity contribution is 0.0669. The number of sulfonamides is 1. The lowest BCUT2D eigenvalue weighted by Gasteiger charge is -2.15. The number of rotatable bonds is 4. The highest BCUT2D eigenvalue weighted by molar-refractivity contribution is 9.10. The van der Waals surface area contributed by atoms with Crippen LogP contribution >= 0.6 is 27.5 Å². The minimum absolute atomic E-state index is 0.0342. The molecule has 0 radical (unpaired) electrons. The summed E-state index contributed by atoms with van der Waals surface area (Å²) in [5.74, 6) is 0.0721. The van der Waals surface area contributed by atoms with Crippen LogP contribution in [0.5, 0.6) is 5.75 Å². The van der Waals surface area contributed by atoms with Crippen LogP contribution in [0.2, 0.25) is 5.02 Å². The number of benzene rings is 1. The molecular formula is C11H13BrClNO4S. The SMILES string of the molecule is NS(=O)(=O)c1cc(Br)cc(Cl)c1OCC1CCCO1. The molecule has 106 valence electrons. The van der Waals surface area contributed by atoms with Crippen LogP contribution in [0.15, 0.2) is 21.5 Å². The molecule has 1 aliphatic heterocycles. The average Bonchev–Trinajstić information content (AvgIpc) is 2.78. The number of hydrogen-bond donors (Lipinski definition) is 1. The molecule has 8 heteroatoms. The van der Waals surface area contributed by atoms with Crippen LogP contribution in [0.3, 0.4) is 0 Å². The third kappa shape index (κ3) is 3.82. The van der Waals surface area contributed by atoms with Gasteiger partial charge in [0.25, 0.3) is 0 Å². The first-order valence-electron chi connectivity index (χ1n) is 5.64. The van der Waals surface area contributed by atoms with Gasteiger partial charge in [0.15, 0.2) is 5.75 Å². The molecule has 2 rings (SSSR count). The summed E-state index contributed by atoms with van der Waals surface area (Å²) in [5, 5.41) is 5.35. The van der Waals surface area contributed by atoms with E-state index in [1.54, 1.807) is 6.07 Å². The fourth-order valence-corrected chi connectivity index (χ4v) is 3.63. The van der Waals surface area contributed by atoms with Gasteiger partial charge in [-0.25, -0.2) is 13.6 Å². The van der Waals surface area contributed by atoms with Gasteiger partial charge in [-0.3, -0.25) is 0 Å². The van der Waals surface area contributed by atoms with E-state index in [0.29, 0.717) is 11.1 Å². The number of ether oxygens (including phenoxy) is 2. The topological polar surface area (TPSA) is 78.6 Å². The summed E-state index contributed by atoms with van der Waals surface area (Å²) in [4.78, 5) is -0.134. The van der Waals surface area contributed by atoms with Gasteiger partial charge in [0.05, 0.1) is 11.1 Å². The Hall–Kier alpha value is -0.340. The Morgan fingerprint density at radius 1 is 1.53 bits per heavy atom. The molecule has 1 heterocycles. The molecule has 2 N–H and O–H groups in total. The summed E-state index contributed by atoms with van der Waals surface area (Å²) in [6, 6.07) is 2.92. The van der Waals surface area contributed by atoms with Crippen LogP contribution in [0.1, 0.15) is 12.8 Å². The first-order valence-corrected chi connectivity index (χ1v) is 8.36. The Labute approximate surface area is 125 Å². The Morgan fingerprint density at radius 3 is 2.84 bits per heavy atom. The van der Waals surface area contributed by atoms with Gasteiger partial charge in [-0.05, 0) is 25.0 Å². The second kappa shape index (κ2) is 5.97. The first kappa shape index (κ1) is 15.1. The molecule has 1 unspecified atom stereocenters. The molecule has 1 aromatic carbocycles. The van der Waals surface area contributed by atoms with Gasteiger partial charge in [0.1, 0.15) is 11.5 Å². The molecule has 0 spiro atoms. The van der Waals surface area contributed by atoms with E-state index in [-0.39, 0.29) is 28.4 Å². The van der Waals surface area contributed by atoms with Crippen molar-refractivity contribution in [3.63, 3.8) is 0 Å². The highest BCUT2D eigenvalue weighted by atomic mass is 79.9. The summed E-state index contributed by atoms with van der Waals surface area (Å²) >= 11 is 9.18. The van der Waals surface area contributed by atoms with Crippen molar-refractivity contribution < 1.29 is 17.9 Å². The van der Waals surface area contributed by atoms with Crippen LogP contribution in [0.4, 0.5) is 0 Å². The van der Waals surface area contributed by atoms with Crippen LogP contribution in [0, 0.1) is 0 Å². The van der Waals surface area contributed by atoms with Gasteiger partial charge in [0.2, 0.25) is 10.0 Å². The summed E-state index contributed by atoms with van der Waals surface area (Å²) < 4.78 is 34.5. The van der Waals surface area contributed by atoms with Gasteiger partial charge in [-0.15, -0.1) is 0 Å². The molecule has 1 fully saturated rings. The molecule has 1 aliphatic rings. The van der Waals surface area contributed by atoms with Gasteiger partial charge < -0.3 is 9.47 Å². The molecule has 1 saturated heterocycles. The second-order valence-electron chi connectivity index (χ2n) is 4.21. The average molecular weight is 371 g/mol. The van der Waals surface area contributed by atoms with E-state index in [2.05, 4.69) is 15.9 Å². The highest BCUT2D eigenvalue weighted by Crippen LogP contribution is 2.35. The maximum atomic E-state index is 11.5. The van der Waals surface area contributed by atoms with E-state index >= 15 is 0 Å². The molecule has 5 nitrogen and oxygen atoms in total. The van der Waals surface area contributed by atoms with Crippen molar-refractivity contribution in [2.24, 2.45) is 5.14 Å². The number of halogens is 2. The van der Waals surface area contributed by atoms with Gasteiger partial charge in [0, 0.05) is 11.1 Å². The fraction of sp³-hybridized carbons (Fsp3) is 0.455. The van der Waals surface area contributed by atoms with Gasteiger partial charge in [-0.1, -0.05) is 27.5 Å². The highest BCUT2D eigenvalue weighted by Gasteiger charge is 2.22. The Bertz CT molecular complexity index is 572. The van der Waals surface area contributed by atoms with Crippen molar-refractivity contribution in [1.29, 1.82) is 0 Å². The van der Waals surface area contributed by atoms with Crippen LogP contribution in [-0.4, -0.2) is 27.7 Å². The minimum Gasteiger partial charge on any atom is -0.488 e. The molecule has 0 aliphatic carbocycles. The Morgan fingerprint density at radius 2 is 2.26 bits per heavy atom. The lowest BCUT2D eigenvalue weighted by Crippen LogP contribution is -2.19. The molecular weight excluding hydrogens is 358 g/mol. The molecule has 0 aromatic heterocycles. The zero-order valence-electron chi connectivity index (χ0n) is 9.93. The molecule has 0 amide bonds. The molecule has 1 aromatic rings. The van der Waals surface area contributed by atoms with E-state index in [1.807, 2.05) is 0 Å². The third-order valence-corrected chi connectivity index (χ3v) is 4.37. The summed E-state index contributed by atoms with van der Waals surface area (Å²) in [7, 11) is -3.90. The molecule has 1 atom stereocenters. The quantitative estimate of drug-likeness (QED) is 0.882. The van der Waals surface area contributed by atoms with E-state index in [0.717, 1.165) is 12.8 Å². The lowest BCUT2D eigenvalue weighted by atomic mass is 10.2. The van der Waals surface area contributed by atoms with Crippen molar-refractivity contribution in [1.82, 2.24) is 0 Å². The predicted octanol–water partition coefficient (Wildman–Crippen LogP) is 2.31. The first-order chi connectivity index (χ1) is 8.88. The number of hydrogen-bond acceptors (Lipinski definition) is 4. The van der Waals surface area contributed by atoms with E-state index in [4.69, 9.17) is 26.2 Å². The van der Waals surface area contributed by atoms with Crippen molar-refractivity contribution in [3.05, 3.63) is 21.6 Å². The molecule has 0 bridgehead atoms. The third-order valence-electron chi connectivity index (χ3n) is 2.72. The summed E-state index contributed by atoms with van der Waals surface area (Å²) in [5.41, 5.74) is 0. The fourth-order valence-electron chi connectivity index (χ4n) is 1.84. The van der Waals surface area contributed by atoms with Gasteiger partial charge in [-0.2, -0.15) is 0 Å². The van der Waals surface area contributed by atoms with Crippen molar-refractivity contribution in [3.8, 4) is 5.75 Å². The monoisotopic (exact) mass is 369 g/mol. The maximum absolute atomic E-state index is 11.5. The second-order valence-corrected chi connectivity index (χ2v) is 7.06. The standard InChI is InChI=1S/C11H13BrClNO4S/c12-7-4-9(13)11(10(5-7)19(14,15)16)18-6-8-2-1-3-17-8/h4-5,8H,1-3,6H2,(H2,14,15,16). The van der Waals surface area contributed by atoms with Crippen molar-refractivity contribution in [2.45, 2.75) is 23.8 Å². The molecule has 19 heavy (non-hydrogen) atoms. The van der Waals surface area contributed by atoms with Crippen molar-refractivity contribution in [2.75, 3.05) is 13.2 Å². The van der Waals surface area contributed by atoms with Crippen LogP contribution in [-0.2, 0) is 14.8 Å². The minimum atomic E-state index is -3.90. The number of primary sulfonamides is 1. The van der Waals surface area contributed by atoms with Crippen LogP contribution < -0.4 is 9.88 Å². The number of nitrogens with two attached hydrogens (primary N) is 1. The van der Waals surface area contributed by atoms with E-state index < -0.39 is 10.0 Å². The van der Waals surface area contributed by atoms with Gasteiger partial charge >= 0.3 is 0 Å². The zero-order valence-corrected chi connectivity index (χ0v) is 13.1. The van der Waals surface area contributed by atoms with Crippen molar-refractivity contribution >= 4 is 37.6 Å². The zero-order chi connectivity index (χ0) is 14.0. The Kier molecular flexibility index (Phi) is 4.73. The summed E-state index contributed by atoms with van der Waals surface area (Å²) in [6.07, 6.45) is 1.83. The van der Waals surface area contributed by atoms with E-state index in [9.17, 15) is 8.42 Å².